The van der Waals surface area contributed by atoms with Gasteiger partial charge in [0.2, 0.25) is 11.4 Å². The summed E-state index contributed by atoms with van der Waals surface area (Å²) in [6.45, 7) is 2.05. The second-order valence-corrected chi connectivity index (χ2v) is 3.27. The SMILES string of the molecule is Cc1ccnc2oc3ncccc3c12. The Morgan fingerprint density at radius 2 is 1.93 bits per heavy atom. The van der Waals surface area contributed by atoms with E-state index in [2.05, 4.69) is 9.97 Å². The van der Waals surface area contributed by atoms with Crippen molar-refractivity contribution >= 4 is 22.2 Å². The summed E-state index contributed by atoms with van der Waals surface area (Å²) in [6, 6.07) is 5.89. The number of hydrogen-bond acceptors (Lipinski definition) is 3. The Labute approximate surface area is 80.4 Å². The monoisotopic (exact) mass is 184 g/mol. The van der Waals surface area contributed by atoms with Gasteiger partial charge in [0.15, 0.2) is 0 Å². The Bertz CT molecular complexity index is 613. The van der Waals surface area contributed by atoms with Crippen molar-refractivity contribution in [2.45, 2.75) is 6.92 Å². The number of aromatic nitrogens is 2. The van der Waals surface area contributed by atoms with Gasteiger partial charge in [0.1, 0.15) is 0 Å². The molecule has 3 heterocycles. The zero-order chi connectivity index (χ0) is 9.54. The molecule has 14 heavy (non-hydrogen) atoms. The fourth-order valence-corrected chi connectivity index (χ4v) is 1.69. The van der Waals surface area contributed by atoms with Crippen LogP contribution >= 0.6 is 0 Å². The zero-order valence-corrected chi connectivity index (χ0v) is 7.69. The summed E-state index contributed by atoms with van der Waals surface area (Å²) in [5.74, 6) is 0. The van der Waals surface area contributed by atoms with E-state index in [4.69, 9.17) is 4.42 Å². The van der Waals surface area contributed by atoms with Crippen LogP contribution in [0.15, 0.2) is 35.0 Å². The van der Waals surface area contributed by atoms with Crippen molar-refractivity contribution in [1.29, 1.82) is 0 Å². The third-order valence-electron chi connectivity index (χ3n) is 2.36. The second-order valence-electron chi connectivity index (χ2n) is 3.27. The molecule has 0 amide bonds. The molecule has 0 aliphatic heterocycles. The Balaban J connectivity index is 2.65. The Kier molecular flexibility index (Phi) is 1.36. The van der Waals surface area contributed by atoms with Crippen LogP contribution in [0, 0.1) is 6.92 Å². The molecule has 0 unspecified atom stereocenters. The van der Waals surface area contributed by atoms with Crippen LogP contribution in [0.2, 0.25) is 0 Å². The normalized spacial score (nSPS) is 11.2. The molecule has 0 spiro atoms. The van der Waals surface area contributed by atoms with Crippen LogP contribution in [0.3, 0.4) is 0 Å². The predicted octanol–water partition coefficient (Wildman–Crippen LogP) is 2.68. The number of furan rings is 1. The van der Waals surface area contributed by atoms with Crippen LogP contribution in [-0.2, 0) is 0 Å². The minimum atomic E-state index is 0.657. The van der Waals surface area contributed by atoms with Gasteiger partial charge in [0.05, 0.1) is 10.8 Å². The molecule has 0 saturated carbocycles. The summed E-state index contributed by atoms with van der Waals surface area (Å²) in [7, 11) is 0. The first-order valence-electron chi connectivity index (χ1n) is 4.45. The number of fused-ring (bicyclic) bond motifs is 3. The van der Waals surface area contributed by atoms with Crippen molar-refractivity contribution in [3.05, 3.63) is 36.2 Å². The van der Waals surface area contributed by atoms with Gasteiger partial charge in [-0.3, -0.25) is 0 Å². The van der Waals surface area contributed by atoms with E-state index < -0.39 is 0 Å². The first-order valence-corrected chi connectivity index (χ1v) is 4.45. The largest absolute Gasteiger partial charge is 0.419 e. The molecule has 68 valence electrons. The minimum absolute atomic E-state index is 0.657. The standard InChI is InChI=1S/C11H8N2O/c1-7-4-6-13-11-9(7)8-3-2-5-12-10(8)14-11/h2-6H,1H3. The van der Waals surface area contributed by atoms with Crippen molar-refractivity contribution < 1.29 is 4.42 Å². The maximum atomic E-state index is 5.51. The van der Waals surface area contributed by atoms with Crippen LogP contribution in [0.1, 0.15) is 5.56 Å². The number of hydrogen-bond donors (Lipinski definition) is 0. The summed E-state index contributed by atoms with van der Waals surface area (Å²) in [4.78, 5) is 8.33. The molecule has 0 aliphatic rings. The molecule has 3 nitrogen and oxygen atoms in total. The van der Waals surface area contributed by atoms with Crippen LogP contribution in [-0.4, -0.2) is 9.97 Å². The molecule has 0 radical (unpaired) electrons. The van der Waals surface area contributed by atoms with E-state index in [0.29, 0.717) is 11.4 Å². The molecule has 0 atom stereocenters. The fourth-order valence-electron chi connectivity index (χ4n) is 1.69. The highest BCUT2D eigenvalue weighted by molar-refractivity contribution is 6.03. The smallest absolute Gasteiger partial charge is 0.229 e. The highest BCUT2D eigenvalue weighted by Crippen LogP contribution is 2.27. The van der Waals surface area contributed by atoms with Crippen molar-refractivity contribution in [2.24, 2.45) is 0 Å². The number of aryl methyl sites for hydroxylation is 1. The first kappa shape index (κ1) is 7.50. The van der Waals surface area contributed by atoms with Crippen LogP contribution in [0.25, 0.3) is 22.2 Å². The van der Waals surface area contributed by atoms with E-state index in [1.807, 2.05) is 25.1 Å². The van der Waals surface area contributed by atoms with Crippen LogP contribution in [0.5, 0.6) is 0 Å². The van der Waals surface area contributed by atoms with E-state index >= 15 is 0 Å². The average Bonchev–Trinajstić information content (AvgIpc) is 2.57. The van der Waals surface area contributed by atoms with Gasteiger partial charge < -0.3 is 4.42 Å². The third-order valence-corrected chi connectivity index (χ3v) is 2.36. The molecule has 3 rings (SSSR count). The minimum Gasteiger partial charge on any atom is -0.419 e. The topological polar surface area (TPSA) is 38.9 Å². The maximum Gasteiger partial charge on any atom is 0.229 e. The fraction of sp³-hybridized carbons (Fsp3) is 0.0909. The van der Waals surface area contributed by atoms with Gasteiger partial charge in [-0.25, -0.2) is 9.97 Å². The molecule has 0 N–H and O–H groups in total. The molecule has 3 aromatic heterocycles. The van der Waals surface area contributed by atoms with Crippen molar-refractivity contribution in [2.75, 3.05) is 0 Å². The van der Waals surface area contributed by atoms with Gasteiger partial charge in [-0.2, -0.15) is 0 Å². The lowest BCUT2D eigenvalue weighted by Gasteiger charge is -1.91. The predicted molar refractivity (Wildman–Crippen MR) is 54.0 cm³/mol. The average molecular weight is 184 g/mol. The summed E-state index contributed by atoms with van der Waals surface area (Å²) < 4.78 is 5.51. The van der Waals surface area contributed by atoms with Crippen molar-refractivity contribution in [3.63, 3.8) is 0 Å². The molecule has 3 heteroatoms. The van der Waals surface area contributed by atoms with Crippen molar-refractivity contribution in [3.8, 4) is 0 Å². The summed E-state index contributed by atoms with van der Waals surface area (Å²) in [5, 5.41) is 2.10. The molecule has 0 fully saturated rings. The van der Waals surface area contributed by atoms with Gasteiger partial charge in [-0.05, 0) is 30.7 Å². The Morgan fingerprint density at radius 3 is 2.86 bits per heavy atom. The van der Waals surface area contributed by atoms with E-state index in [1.54, 1.807) is 12.4 Å². The van der Waals surface area contributed by atoms with Crippen LogP contribution < -0.4 is 0 Å². The maximum absolute atomic E-state index is 5.51. The van der Waals surface area contributed by atoms with E-state index in [0.717, 1.165) is 10.8 Å². The zero-order valence-electron chi connectivity index (χ0n) is 7.69. The van der Waals surface area contributed by atoms with Gasteiger partial charge in [0.25, 0.3) is 0 Å². The highest BCUT2D eigenvalue weighted by Gasteiger charge is 2.09. The first-order chi connectivity index (χ1) is 6.86. The van der Waals surface area contributed by atoms with Gasteiger partial charge in [-0.15, -0.1) is 0 Å². The lowest BCUT2D eigenvalue weighted by molar-refractivity contribution is 0.640. The highest BCUT2D eigenvalue weighted by atomic mass is 16.3. The van der Waals surface area contributed by atoms with E-state index in [-0.39, 0.29) is 0 Å². The van der Waals surface area contributed by atoms with E-state index in [1.165, 1.54) is 5.56 Å². The van der Waals surface area contributed by atoms with Gasteiger partial charge in [0, 0.05) is 12.4 Å². The summed E-state index contributed by atoms with van der Waals surface area (Å²) in [6.07, 6.45) is 3.47. The van der Waals surface area contributed by atoms with Crippen molar-refractivity contribution in [1.82, 2.24) is 9.97 Å². The van der Waals surface area contributed by atoms with E-state index in [9.17, 15) is 0 Å². The number of pyridine rings is 2. The van der Waals surface area contributed by atoms with Crippen LogP contribution in [0.4, 0.5) is 0 Å². The molecule has 3 aromatic rings. The van der Waals surface area contributed by atoms with Gasteiger partial charge >= 0.3 is 0 Å². The molecule has 0 aromatic carbocycles. The quantitative estimate of drug-likeness (QED) is 0.539. The number of rotatable bonds is 0. The molecular weight excluding hydrogens is 176 g/mol. The Morgan fingerprint density at radius 1 is 1.07 bits per heavy atom. The lowest BCUT2D eigenvalue weighted by Crippen LogP contribution is -1.76. The van der Waals surface area contributed by atoms with Gasteiger partial charge in [-0.1, -0.05) is 0 Å². The molecule has 0 bridgehead atoms. The molecule has 0 aliphatic carbocycles. The summed E-state index contributed by atoms with van der Waals surface area (Å²) in [5.41, 5.74) is 2.49. The number of nitrogens with zero attached hydrogens (tertiary/aromatic N) is 2. The lowest BCUT2D eigenvalue weighted by atomic mass is 10.1. The second kappa shape index (κ2) is 2.54. The Hall–Kier alpha value is -1.90. The molecular formula is C11H8N2O. The summed E-state index contributed by atoms with van der Waals surface area (Å²) >= 11 is 0. The molecule has 0 saturated heterocycles. The third kappa shape index (κ3) is 0.865.